The molecule has 3 heteroatoms. The van der Waals surface area contributed by atoms with Crippen molar-refractivity contribution < 1.29 is 4.79 Å². The Morgan fingerprint density at radius 1 is 1.39 bits per heavy atom. The molecular formula is C15H20ClNO. The summed E-state index contributed by atoms with van der Waals surface area (Å²) >= 11 is 5.90. The fourth-order valence-electron chi connectivity index (χ4n) is 2.17. The molecule has 0 aliphatic heterocycles. The van der Waals surface area contributed by atoms with Crippen LogP contribution in [-0.2, 0) is 4.79 Å². The molecule has 2 nitrogen and oxygen atoms in total. The minimum Gasteiger partial charge on any atom is -0.353 e. The van der Waals surface area contributed by atoms with Gasteiger partial charge in [-0.05, 0) is 49.8 Å². The Bertz CT molecular complexity index is 411. The van der Waals surface area contributed by atoms with Gasteiger partial charge in [0.2, 0.25) is 5.91 Å². The fraction of sp³-hybridized carbons (Fsp3) is 0.533. The zero-order chi connectivity index (χ0) is 13.1. The highest BCUT2D eigenvalue weighted by Gasteiger charge is 2.37. The van der Waals surface area contributed by atoms with Crippen molar-refractivity contribution in [3.05, 3.63) is 34.9 Å². The summed E-state index contributed by atoms with van der Waals surface area (Å²) < 4.78 is 0. The maximum atomic E-state index is 12.3. The maximum Gasteiger partial charge on any atom is 0.228 e. The Morgan fingerprint density at radius 2 is 2.00 bits per heavy atom. The van der Waals surface area contributed by atoms with E-state index in [1.54, 1.807) is 0 Å². The van der Waals surface area contributed by atoms with Gasteiger partial charge in [-0.1, -0.05) is 30.7 Å². The van der Waals surface area contributed by atoms with Crippen LogP contribution >= 0.6 is 11.6 Å². The normalized spacial score (nSPS) is 18.2. The minimum absolute atomic E-state index is 0.00346. The molecule has 1 saturated carbocycles. The number of benzene rings is 1. The summed E-state index contributed by atoms with van der Waals surface area (Å²) in [7, 11) is 0. The van der Waals surface area contributed by atoms with E-state index in [-0.39, 0.29) is 17.9 Å². The van der Waals surface area contributed by atoms with Crippen LogP contribution in [0.3, 0.4) is 0 Å². The van der Waals surface area contributed by atoms with Crippen molar-refractivity contribution in [3.8, 4) is 0 Å². The van der Waals surface area contributed by atoms with Crippen molar-refractivity contribution in [1.29, 1.82) is 0 Å². The second-order valence-corrected chi connectivity index (χ2v) is 5.62. The van der Waals surface area contributed by atoms with E-state index in [1.165, 1.54) is 0 Å². The average molecular weight is 266 g/mol. The number of halogens is 1. The van der Waals surface area contributed by atoms with Gasteiger partial charge < -0.3 is 5.32 Å². The van der Waals surface area contributed by atoms with Gasteiger partial charge in [0.15, 0.2) is 0 Å². The first-order chi connectivity index (χ1) is 8.61. The van der Waals surface area contributed by atoms with Gasteiger partial charge in [-0.2, -0.15) is 0 Å². The Labute approximate surface area is 114 Å². The molecule has 2 unspecified atom stereocenters. The number of rotatable bonds is 5. The number of amides is 1. The lowest BCUT2D eigenvalue weighted by Crippen LogP contribution is -2.36. The molecule has 98 valence electrons. The van der Waals surface area contributed by atoms with Gasteiger partial charge in [-0.25, -0.2) is 0 Å². The number of nitrogens with one attached hydrogen (secondary N) is 1. The monoisotopic (exact) mass is 265 g/mol. The third-order valence-electron chi connectivity index (χ3n) is 3.61. The van der Waals surface area contributed by atoms with Crippen LogP contribution in [0.5, 0.6) is 0 Å². The highest BCUT2D eigenvalue weighted by atomic mass is 35.5. The zero-order valence-electron chi connectivity index (χ0n) is 10.9. The predicted molar refractivity (Wildman–Crippen MR) is 74.8 cm³/mol. The molecule has 1 fully saturated rings. The van der Waals surface area contributed by atoms with Crippen LogP contribution in [0.4, 0.5) is 0 Å². The molecule has 1 aromatic rings. The lowest BCUT2D eigenvalue weighted by Gasteiger charge is -2.19. The molecule has 1 aliphatic rings. The van der Waals surface area contributed by atoms with E-state index in [9.17, 15) is 4.79 Å². The summed E-state index contributed by atoms with van der Waals surface area (Å²) in [5.41, 5.74) is 1.09. The van der Waals surface area contributed by atoms with Gasteiger partial charge in [0.05, 0.1) is 5.92 Å². The first-order valence-electron chi connectivity index (χ1n) is 6.67. The SMILES string of the molecule is CCC(C)NC(=O)C(c1ccc(Cl)cc1)C1CC1. The Hall–Kier alpha value is -1.02. The third kappa shape index (κ3) is 3.26. The van der Waals surface area contributed by atoms with Gasteiger partial charge in [0.25, 0.3) is 0 Å². The summed E-state index contributed by atoms with van der Waals surface area (Å²) in [6.07, 6.45) is 3.27. The molecule has 2 atom stereocenters. The lowest BCUT2D eigenvalue weighted by atomic mass is 9.93. The molecule has 2 rings (SSSR count). The van der Waals surface area contributed by atoms with Crippen molar-refractivity contribution in [3.63, 3.8) is 0 Å². The van der Waals surface area contributed by atoms with Crippen LogP contribution in [0.25, 0.3) is 0 Å². The van der Waals surface area contributed by atoms with Crippen LogP contribution in [-0.4, -0.2) is 11.9 Å². The molecular weight excluding hydrogens is 246 g/mol. The second kappa shape index (κ2) is 5.75. The molecule has 1 aromatic carbocycles. The van der Waals surface area contributed by atoms with Gasteiger partial charge in [-0.3, -0.25) is 4.79 Å². The van der Waals surface area contributed by atoms with E-state index in [1.807, 2.05) is 31.2 Å². The van der Waals surface area contributed by atoms with E-state index >= 15 is 0 Å². The van der Waals surface area contributed by atoms with Crippen LogP contribution in [0.2, 0.25) is 5.02 Å². The second-order valence-electron chi connectivity index (χ2n) is 5.18. The summed E-state index contributed by atoms with van der Waals surface area (Å²) in [5, 5.41) is 3.81. The van der Waals surface area contributed by atoms with Crippen molar-refractivity contribution >= 4 is 17.5 Å². The molecule has 0 bridgehead atoms. The van der Waals surface area contributed by atoms with E-state index in [2.05, 4.69) is 12.2 Å². The Kier molecular flexibility index (Phi) is 4.28. The molecule has 0 radical (unpaired) electrons. The highest BCUT2D eigenvalue weighted by molar-refractivity contribution is 6.30. The maximum absolute atomic E-state index is 12.3. The van der Waals surface area contributed by atoms with E-state index in [4.69, 9.17) is 11.6 Å². The molecule has 1 aliphatic carbocycles. The van der Waals surface area contributed by atoms with E-state index in [0.717, 1.165) is 29.8 Å². The number of carbonyl (C=O) groups excluding carboxylic acids is 1. The average Bonchev–Trinajstić information content (AvgIpc) is 3.16. The quantitative estimate of drug-likeness (QED) is 0.863. The van der Waals surface area contributed by atoms with Crippen molar-refractivity contribution in [2.75, 3.05) is 0 Å². The molecule has 0 aromatic heterocycles. The molecule has 0 saturated heterocycles. The summed E-state index contributed by atoms with van der Waals surface area (Å²) in [4.78, 5) is 12.3. The summed E-state index contributed by atoms with van der Waals surface area (Å²) in [5.74, 6) is 0.667. The minimum atomic E-state index is -0.00346. The molecule has 18 heavy (non-hydrogen) atoms. The predicted octanol–water partition coefficient (Wildman–Crippen LogP) is 3.75. The largest absolute Gasteiger partial charge is 0.353 e. The lowest BCUT2D eigenvalue weighted by molar-refractivity contribution is -0.123. The first-order valence-corrected chi connectivity index (χ1v) is 7.05. The van der Waals surface area contributed by atoms with Crippen LogP contribution in [0.1, 0.15) is 44.6 Å². The van der Waals surface area contributed by atoms with Crippen LogP contribution in [0.15, 0.2) is 24.3 Å². The smallest absolute Gasteiger partial charge is 0.228 e. The third-order valence-corrected chi connectivity index (χ3v) is 3.86. The van der Waals surface area contributed by atoms with Gasteiger partial charge in [-0.15, -0.1) is 0 Å². The zero-order valence-corrected chi connectivity index (χ0v) is 11.7. The van der Waals surface area contributed by atoms with Gasteiger partial charge in [0.1, 0.15) is 0 Å². The molecule has 1 N–H and O–H groups in total. The van der Waals surface area contributed by atoms with Crippen LogP contribution < -0.4 is 5.32 Å². The van der Waals surface area contributed by atoms with Crippen LogP contribution in [0, 0.1) is 5.92 Å². The Balaban J connectivity index is 2.13. The highest BCUT2D eigenvalue weighted by Crippen LogP contribution is 2.43. The first kappa shape index (κ1) is 13.4. The number of hydrogen-bond acceptors (Lipinski definition) is 1. The summed E-state index contributed by atoms with van der Waals surface area (Å²) in [6, 6.07) is 7.92. The van der Waals surface area contributed by atoms with E-state index in [0.29, 0.717) is 5.92 Å². The molecule has 0 heterocycles. The standard InChI is InChI=1S/C15H20ClNO/c1-3-10(2)17-15(18)14(11-4-5-11)12-6-8-13(16)9-7-12/h6-11,14H,3-5H2,1-2H3,(H,17,18). The number of carbonyl (C=O) groups is 1. The van der Waals surface area contributed by atoms with Crippen molar-refractivity contribution in [1.82, 2.24) is 5.32 Å². The topological polar surface area (TPSA) is 29.1 Å². The molecule has 1 amide bonds. The fourth-order valence-corrected chi connectivity index (χ4v) is 2.30. The van der Waals surface area contributed by atoms with E-state index < -0.39 is 0 Å². The number of hydrogen-bond donors (Lipinski definition) is 1. The van der Waals surface area contributed by atoms with Crippen molar-refractivity contribution in [2.45, 2.75) is 45.1 Å². The van der Waals surface area contributed by atoms with Crippen molar-refractivity contribution in [2.24, 2.45) is 5.92 Å². The Morgan fingerprint density at radius 3 is 2.50 bits per heavy atom. The summed E-state index contributed by atoms with van der Waals surface area (Å²) in [6.45, 7) is 4.13. The molecule has 0 spiro atoms. The van der Waals surface area contributed by atoms with Gasteiger partial charge in [0, 0.05) is 11.1 Å². The van der Waals surface area contributed by atoms with Gasteiger partial charge >= 0.3 is 0 Å².